The van der Waals surface area contributed by atoms with E-state index < -0.39 is 18.0 Å². The molecule has 7 nitrogen and oxygen atoms in total. The van der Waals surface area contributed by atoms with E-state index in [4.69, 9.17) is 14.2 Å². The van der Waals surface area contributed by atoms with E-state index >= 15 is 0 Å². The van der Waals surface area contributed by atoms with Crippen LogP contribution < -0.4 is 9.47 Å². The van der Waals surface area contributed by atoms with Crippen LogP contribution in [-0.2, 0) is 19.1 Å². The molecule has 1 atom stereocenters. The average Bonchev–Trinajstić information content (AvgIpc) is 2.78. The predicted molar refractivity (Wildman–Crippen MR) is 91.9 cm³/mol. The number of benzene rings is 1. The lowest BCUT2D eigenvalue weighted by Crippen LogP contribution is -2.25. The van der Waals surface area contributed by atoms with Crippen LogP contribution in [0, 0.1) is 0 Å². The molecule has 0 radical (unpaired) electrons. The zero-order valence-corrected chi connectivity index (χ0v) is 15.1. The van der Waals surface area contributed by atoms with Crippen LogP contribution in [0.15, 0.2) is 17.0 Å². The fourth-order valence-corrected chi connectivity index (χ4v) is 3.03. The van der Waals surface area contributed by atoms with Crippen LogP contribution in [0.4, 0.5) is 0 Å². The topological polar surface area (TPSA) is 88.1 Å². The number of carbonyl (C=O) groups is 3. The van der Waals surface area contributed by atoms with Gasteiger partial charge in [0.25, 0.3) is 0 Å². The van der Waals surface area contributed by atoms with E-state index in [1.165, 1.54) is 28.3 Å². The van der Waals surface area contributed by atoms with Crippen LogP contribution in [-0.4, -0.2) is 50.9 Å². The van der Waals surface area contributed by atoms with Gasteiger partial charge in [-0.25, -0.2) is 9.59 Å². The third-order valence-electron chi connectivity index (χ3n) is 3.52. The van der Waals surface area contributed by atoms with Crippen LogP contribution in [0.5, 0.6) is 11.5 Å². The molecule has 25 heavy (non-hydrogen) atoms. The molecule has 2 rings (SSSR count). The third kappa shape index (κ3) is 4.14. The van der Waals surface area contributed by atoms with E-state index in [1.807, 2.05) is 0 Å². The third-order valence-corrected chi connectivity index (χ3v) is 4.52. The monoisotopic (exact) mass is 366 g/mol. The van der Waals surface area contributed by atoms with Gasteiger partial charge < -0.3 is 18.9 Å². The van der Waals surface area contributed by atoms with Crippen molar-refractivity contribution >= 4 is 35.6 Å². The van der Waals surface area contributed by atoms with Gasteiger partial charge in [0.15, 0.2) is 23.4 Å². The van der Waals surface area contributed by atoms with E-state index in [1.54, 1.807) is 18.2 Å². The van der Waals surface area contributed by atoms with Crippen molar-refractivity contribution in [2.45, 2.75) is 13.0 Å². The van der Waals surface area contributed by atoms with Crippen molar-refractivity contribution in [1.29, 1.82) is 0 Å². The smallest absolute Gasteiger partial charge is 0.346 e. The number of rotatable bonds is 5. The summed E-state index contributed by atoms with van der Waals surface area (Å²) >= 11 is 1.05. The molecule has 0 unspecified atom stereocenters. The van der Waals surface area contributed by atoms with Gasteiger partial charge in [-0.3, -0.25) is 4.79 Å². The molecule has 0 aliphatic carbocycles. The Kier molecular flexibility index (Phi) is 6.08. The van der Waals surface area contributed by atoms with E-state index in [9.17, 15) is 14.4 Å². The zero-order chi connectivity index (χ0) is 18.6. The van der Waals surface area contributed by atoms with Gasteiger partial charge in [-0.2, -0.15) is 0 Å². The number of ketones is 1. The molecule has 1 aliphatic heterocycles. The number of carbonyl (C=O) groups excluding carboxylic acids is 3. The predicted octanol–water partition coefficient (Wildman–Crippen LogP) is 2.08. The summed E-state index contributed by atoms with van der Waals surface area (Å²) in [6, 6.07) is 3.20. The molecule has 0 bridgehead atoms. The van der Waals surface area contributed by atoms with Crippen LogP contribution in [0.3, 0.4) is 0 Å². The number of hydrogen-bond acceptors (Lipinski definition) is 8. The molecule has 1 aromatic carbocycles. The minimum absolute atomic E-state index is 0.0655. The number of hydrogen-bond donors (Lipinski definition) is 0. The second-order valence-electron chi connectivity index (χ2n) is 5.09. The van der Waals surface area contributed by atoms with Crippen molar-refractivity contribution in [3.8, 4) is 11.5 Å². The fraction of sp³-hybridized carbons (Fsp3) is 0.353. The quantitative estimate of drug-likeness (QED) is 0.732. The number of esters is 2. The van der Waals surface area contributed by atoms with Gasteiger partial charge in [0.05, 0.1) is 32.0 Å². The molecule has 0 saturated heterocycles. The molecule has 134 valence electrons. The lowest BCUT2D eigenvalue weighted by molar-refractivity contribution is -0.161. The van der Waals surface area contributed by atoms with Crippen molar-refractivity contribution in [1.82, 2.24) is 0 Å². The van der Waals surface area contributed by atoms with E-state index in [2.05, 4.69) is 4.74 Å². The Morgan fingerprint density at radius 2 is 1.76 bits per heavy atom. The molecule has 1 aromatic rings. The van der Waals surface area contributed by atoms with Gasteiger partial charge >= 0.3 is 11.9 Å². The van der Waals surface area contributed by atoms with Gasteiger partial charge in [0.1, 0.15) is 0 Å². The van der Waals surface area contributed by atoms with Gasteiger partial charge in [-0.15, -0.1) is 11.8 Å². The number of Topliss-reactive ketones (excluding diaryl/α,β-unsaturated/α-hetero) is 1. The first kappa shape index (κ1) is 18.9. The lowest BCUT2D eigenvalue weighted by atomic mass is 10.0. The van der Waals surface area contributed by atoms with Gasteiger partial charge in [0.2, 0.25) is 0 Å². The maximum Gasteiger partial charge on any atom is 0.346 e. The van der Waals surface area contributed by atoms with Crippen LogP contribution >= 0.6 is 11.8 Å². The Labute approximate surface area is 149 Å². The molecule has 0 amide bonds. The van der Waals surface area contributed by atoms with Crippen molar-refractivity contribution in [2.24, 2.45) is 0 Å². The zero-order valence-electron chi connectivity index (χ0n) is 14.3. The summed E-state index contributed by atoms with van der Waals surface area (Å²) < 4.78 is 20.1. The highest BCUT2D eigenvalue weighted by molar-refractivity contribution is 8.04. The van der Waals surface area contributed by atoms with Gasteiger partial charge in [0, 0.05) is 5.56 Å². The second-order valence-corrected chi connectivity index (χ2v) is 6.10. The van der Waals surface area contributed by atoms with Crippen LogP contribution in [0.1, 0.15) is 22.8 Å². The highest BCUT2D eigenvalue weighted by atomic mass is 32.2. The fourth-order valence-electron chi connectivity index (χ4n) is 2.21. The molecule has 1 aliphatic rings. The normalized spacial score (nSPS) is 14.6. The van der Waals surface area contributed by atoms with Crippen molar-refractivity contribution in [2.75, 3.05) is 27.1 Å². The first-order chi connectivity index (χ1) is 11.9. The minimum Gasteiger partial charge on any atom is -0.493 e. The Hall–Kier alpha value is -2.48. The maximum absolute atomic E-state index is 12.3. The van der Waals surface area contributed by atoms with Crippen LogP contribution in [0.2, 0.25) is 0 Å². The van der Waals surface area contributed by atoms with E-state index in [0.29, 0.717) is 22.6 Å². The largest absolute Gasteiger partial charge is 0.493 e. The van der Waals surface area contributed by atoms with Gasteiger partial charge in [-0.1, -0.05) is 0 Å². The van der Waals surface area contributed by atoms with Crippen molar-refractivity contribution < 1.29 is 33.3 Å². The van der Waals surface area contributed by atoms with Crippen molar-refractivity contribution in [3.63, 3.8) is 0 Å². The molecule has 0 spiro atoms. The Morgan fingerprint density at radius 1 is 1.12 bits per heavy atom. The summed E-state index contributed by atoms with van der Waals surface area (Å²) in [6.45, 7) is 1.42. The SMILES string of the molecule is COC(=O)[C@@H](C)OC(=O)C1=Cc2cc(OC)c(OC)cc2C(=O)CS1. The minimum atomic E-state index is -1.04. The molecular formula is C17H18O7S. The first-order valence-electron chi connectivity index (χ1n) is 7.33. The Balaban J connectivity index is 2.37. The summed E-state index contributed by atoms with van der Waals surface area (Å²) in [5.74, 6) is -0.572. The number of ether oxygens (including phenoxy) is 4. The average molecular weight is 366 g/mol. The highest BCUT2D eigenvalue weighted by Crippen LogP contribution is 2.36. The second kappa shape index (κ2) is 8.06. The Morgan fingerprint density at radius 3 is 2.36 bits per heavy atom. The summed E-state index contributed by atoms with van der Waals surface area (Å²) in [7, 11) is 4.17. The Bertz CT molecular complexity index is 739. The standard InChI is InChI=1S/C17H18O7S/c1-9(16(19)23-4)24-17(20)15-6-10-5-13(21-2)14(22-3)7-11(10)12(18)8-25-15/h5-7,9H,8H2,1-4H3/t9-/m1/s1. The van der Waals surface area contributed by atoms with Gasteiger partial charge in [-0.05, 0) is 30.7 Å². The number of methoxy groups -OCH3 is 3. The molecule has 0 saturated carbocycles. The summed E-state index contributed by atoms with van der Waals surface area (Å²) in [4.78, 5) is 36.2. The molecular weight excluding hydrogens is 348 g/mol. The summed E-state index contributed by atoms with van der Waals surface area (Å²) in [5, 5.41) is 0. The lowest BCUT2D eigenvalue weighted by Gasteiger charge is -2.12. The molecule has 0 aromatic heterocycles. The molecule has 0 fully saturated rings. The highest BCUT2D eigenvalue weighted by Gasteiger charge is 2.26. The molecule has 1 heterocycles. The van der Waals surface area contributed by atoms with E-state index in [-0.39, 0.29) is 16.4 Å². The molecule has 0 N–H and O–H groups in total. The molecule has 8 heteroatoms. The maximum atomic E-state index is 12.3. The number of thioether (sulfide) groups is 1. The van der Waals surface area contributed by atoms with E-state index in [0.717, 1.165) is 11.8 Å². The number of fused-ring (bicyclic) bond motifs is 1. The van der Waals surface area contributed by atoms with Crippen LogP contribution in [0.25, 0.3) is 6.08 Å². The summed E-state index contributed by atoms with van der Waals surface area (Å²) in [5.41, 5.74) is 0.944. The summed E-state index contributed by atoms with van der Waals surface area (Å²) in [6.07, 6.45) is 0.502. The van der Waals surface area contributed by atoms with Crippen molar-refractivity contribution in [3.05, 3.63) is 28.2 Å². The first-order valence-corrected chi connectivity index (χ1v) is 8.32.